The minimum Gasteiger partial charge on any atom is -0.353 e. The Labute approximate surface area is 163 Å². The van der Waals surface area contributed by atoms with Crippen LogP contribution in [0.1, 0.15) is 6.92 Å². The summed E-state index contributed by atoms with van der Waals surface area (Å²) in [6.07, 6.45) is 1.76. The molecule has 3 rings (SSSR count). The molecule has 3 amide bonds. The zero-order valence-electron chi connectivity index (χ0n) is 15.1. The predicted molar refractivity (Wildman–Crippen MR) is 106 cm³/mol. The molecule has 27 heavy (non-hydrogen) atoms. The molecule has 0 radical (unpaired) electrons. The molecule has 0 bridgehead atoms. The zero-order chi connectivity index (χ0) is 19.2. The van der Waals surface area contributed by atoms with E-state index < -0.39 is 6.04 Å². The van der Waals surface area contributed by atoms with E-state index in [1.165, 1.54) is 0 Å². The molecule has 1 aromatic heterocycles. The normalized spacial score (nSPS) is 15.2. The van der Waals surface area contributed by atoms with Crippen molar-refractivity contribution in [2.75, 3.05) is 36.4 Å². The molecular weight excluding hydrogens is 366 g/mol. The molecule has 142 valence electrons. The Bertz CT molecular complexity index is 794. The first kappa shape index (κ1) is 19.0. The van der Waals surface area contributed by atoms with E-state index in [1.54, 1.807) is 42.3 Å². The van der Waals surface area contributed by atoms with Crippen molar-refractivity contribution in [2.45, 2.75) is 13.0 Å². The Hall–Kier alpha value is -2.80. The zero-order valence-corrected chi connectivity index (χ0v) is 15.8. The van der Waals surface area contributed by atoms with Crippen LogP contribution in [0.2, 0.25) is 5.02 Å². The van der Waals surface area contributed by atoms with Crippen LogP contribution in [0, 0.1) is 0 Å². The Balaban J connectivity index is 1.49. The fourth-order valence-corrected chi connectivity index (χ4v) is 3.01. The standard InChI is InChI=1S/C19H22ClN5O2/c1-14(18(26)23-16-7-3-2-6-15(16)20)22-19(27)25-12-10-24(11-13-25)17-8-4-5-9-21-17/h2-9,14H,10-13H2,1H3,(H,22,27)(H,23,26)/t14-/m1/s1. The average molecular weight is 388 g/mol. The van der Waals surface area contributed by atoms with Gasteiger partial charge < -0.3 is 20.4 Å². The van der Waals surface area contributed by atoms with Gasteiger partial charge in [0.1, 0.15) is 11.9 Å². The molecular formula is C19H22ClN5O2. The van der Waals surface area contributed by atoms with E-state index in [0.29, 0.717) is 36.9 Å². The summed E-state index contributed by atoms with van der Waals surface area (Å²) in [6, 6.07) is 11.8. The lowest BCUT2D eigenvalue weighted by Crippen LogP contribution is -2.54. The predicted octanol–water partition coefficient (Wildman–Crippen LogP) is 2.59. The van der Waals surface area contributed by atoms with Gasteiger partial charge in [0.25, 0.3) is 0 Å². The van der Waals surface area contributed by atoms with Gasteiger partial charge in [-0.05, 0) is 31.2 Å². The number of aromatic nitrogens is 1. The van der Waals surface area contributed by atoms with E-state index in [0.717, 1.165) is 5.82 Å². The van der Waals surface area contributed by atoms with Gasteiger partial charge in [-0.15, -0.1) is 0 Å². The Kier molecular flexibility index (Phi) is 6.13. The van der Waals surface area contributed by atoms with Crippen LogP contribution in [0.3, 0.4) is 0 Å². The minimum absolute atomic E-state index is 0.252. The van der Waals surface area contributed by atoms with Crippen LogP contribution in [0.5, 0.6) is 0 Å². The maximum atomic E-state index is 12.5. The van der Waals surface area contributed by atoms with Crippen LogP contribution in [0.4, 0.5) is 16.3 Å². The number of carbonyl (C=O) groups excluding carboxylic acids is 2. The number of urea groups is 1. The first-order valence-corrected chi connectivity index (χ1v) is 9.19. The second-order valence-corrected chi connectivity index (χ2v) is 6.71. The number of carbonyl (C=O) groups is 2. The van der Waals surface area contributed by atoms with Crippen molar-refractivity contribution in [3.63, 3.8) is 0 Å². The molecule has 2 heterocycles. The van der Waals surface area contributed by atoms with E-state index in [4.69, 9.17) is 11.6 Å². The van der Waals surface area contributed by atoms with Gasteiger partial charge in [0, 0.05) is 32.4 Å². The number of benzene rings is 1. The van der Waals surface area contributed by atoms with Crippen LogP contribution in [0.15, 0.2) is 48.7 Å². The number of amides is 3. The third-order valence-electron chi connectivity index (χ3n) is 4.41. The van der Waals surface area contributed by atoms with Crippen molar-refractivity contribution in [2.24, 2.45) is 0 Å². The summed E-state index contributed by atoms with van der Waals surface area (Å²) in [6.45, 7) is 4.19. The summed E-state index contributed by atoms with van der Waals surface area (Å²) in [5.74, 6) is 0.591. The van der Waals surface area contributed by atoms with Crippen molar-refractivity contribution in [3.8, 4) is 0 Å². The van der Waals surface area contributed by atoms with Gasteiger partial charge in [-0.25, -0.2) is 9.78 Å². The smallest absolute Gasteiger partial charge is 0.318 e. The largest absolute Gasteiger partial charge is 0.353 e. The topological polar surface area (TPSA) is 77.6 Å². The number of nitrogens with zero attached hydrogens (tertiary/aromatic N) is 3. The number of rotatable bonds is 4. The molecule has 1 fully saturated rings. The summed E-state index contributed by atoms with van der Waals surface area (Å²) in [5.41, 5.74) is 0.522. The average Bonchev–Trinajstić information content (AvgIpc) is 2.70. The summed E-state index contributed by atoms with van der Waals surface area (Å²) >= 11 is 6.04. The Morgan fingerprint density at radius 1 is 1.07 bits per heavy atom. The Morgan fingerprint density at radius 2 is 1.78 bits per heavy atom. The fourth-order valence-electron chi connectivity index (χ4n) is 2.83. The fraction of sp³-hybridized carbons (Fsp3) is 0.316. The molecule has 1 saturated heterocycles. The van der Waals surface area contributed by atoms with Crippen molar-refractivity contribution >= 4 is 35.0 Å². The molecule has 0 saturated carbocycles. The van der Waals surface area contributed by atoms with Gasteiger partial charge in [0.2, 0.25) is 5.91 Å². The lowest BCUT2D eigenvalue weighted by molar-refractivity contribution is -0.117. The third-order valence-corrected chi connectivity index (χ3v) is 4.73. The van der Waals surface area contributed by atoms with E-state index in [2.05, 4.69) is 20.5 Å². The third kappa shape index (κ3) is 4.89. The molecule has 1 atom stereocenters. The molecule has 0 aliphatic carbocycles. The molecule has 0 unspecified atom stereocenters. The number of anilines is 2. The lowest BCUT2D eigenvalue weighted by Gasteiger charge is -2.35. The molecule has 1 aliphatic rings. The maximum Gasteiger partial charge on any atom is 0.318 e. The van der Waals surface area contributed by atoms with Gasteiger partial charge in [-0.2, -0.15) is 0 Å². The van der Waals surface area contributed by atoms with Gasteiger partial charge in [-0.1, -0.05) is 29.8 Å². The molecule has 2 N–H and O–H groups in total. The molecule has 1 aliphatic heterocycles. The summed E-state index contributed by atoms with van der Waals surface area (Å²) in [4.78, 5) is 32.9. The summed E-state index contributed by atoms with van der Waals surface area (Å²) in [7, 11) is 0. The first-order chi connectivity index (χ1) is 13.0. The van der Waals surface area contributed by atoms with Gasteiger partial charge in [0.15, 0.2) is 0 Å². The highest BCUT2D eigenvalue weighted by molar-refractivity contribution is 6.33. The molecule has 8 heteroatoms. The van der Waals surface area contributed by atoms with Crippen molar-refractivity contribution in [1.29, 1.82) is 0 Å². The van der Waals surface area contributed by atoms with Gasteiger partial charge >= 0.3 is 6.03 Å². The van der Waals surface area contributed by atoms with E-state index >= 15 is 0 Å². The number of hydrogen-bond acceptors (Lipinski definition) is 4. The SMILES string of the molecule is C[C@@H](NC(=O)N1CCN(c2ccccn2)CC1)C(=O)Nc1ccccc1Cl. The first-order valence-electron chi connectivity index (χ1n) is 8.81. The van der Waals surface area contributed by atoms with E-state index in [-0.39, 0.29) is 11.9 Å². The molecule has 7 nitrogen and oxygen atoms in total. The number of para-hydroxylation sites is 1. The number of hydrogen-bond donors (Lipinski definition) is 2. The highest BCUT2D eigenvalue weighted by atomic mass is 35.5. The second-order valence-electron chi connectivity index (χ2n) is 6.30. The minimum atomic E-state index is -0.678. The highest BCUT2D eigenvalue weighted by Gasteiger charge is 2.24. The van der Waals surface area contributed by atoms with Crippen LogP contribution in [0.25, 0.3) is 0 Å². The van der Waals surface area contributed by atoms with Crippen molar-refractivity contribution in [1.82, 2.24) is 15.2 Å². The number of halogens is 1. The molecule has 0 spiro atoms. The Morgan fingerprint density at radius 3 is 2.44 bits per heavy atom. The lowest BCUT2D eigenvalue weighted by atomic mass is 10.2. The monoisotopic (exact) mass is 387 g/mol. The van der Waals surface area contributed by atoms with Crippen LogP contribution in [-0.2, 0) is 4.79 Å². The number of piperazine rings is 1. The van der Waals surface area contributed by atoms with Crippen molar-refractivity contribution in [3.05, 3.63) is 53.7 Å². The second kappa shape index (κ2) is 8.73. The van der Waals surface area contributed by atoms with Crippen molar-refractivity contribution < 1.29 is 9.59 Å². The van der Waals surface area contributed by atoms with Crippen LogP contribution in [-0.4, -0.2) is 54.0 Å². The molecule has 1 aromatic carbocycles. The summed E-state index contributed by atoms with van der Waals surface area (Å²) in [5, 5.41) is 5.92. The van der Waals surface area contributed by atoms with Crippen LogP contribution >= 0.6 is 11.6 Å². The van der Waals surface area contributed by atoms with Gasteiger partial charge in [0.05, 0.1) is 10.7 Å². The van der Waals surface area contributed by atoms with Gasteiger partial charge in [-0.3, -0.25) is 4.79 Å². The quantitative estimate of drug-likeness (QED) is 0.845. The van der Waals surface area contributed by atoms with Crippen LogP contribution < -0.4 is 15.5 Å². The highest BCUT2D eigenvalue weighted by Crippen LogP contribution is 2.20. The molecule has 2 aromatic rings. The number of pyridine rings is 1. The summed E-state index contributed by atoms with van der Waals surface area (Å²) < 4.78 is 0. The maximum absolute atomic E-state index is 12.5. The van der Waals surface area contributed by atoms with E-state index in [1.807, 2.05) is 18.2 Å². The number of nitrogens with one attached hydrogen (secondary N) is 2. The van der Waals surface area contributed by atoms with E-state index in [9.17, 15) is 9.59 Å².